The lowest BCUT2D eigenvalue weighted by Gasteiger charge is -2.24. The van der Waals surface area contributed by atoms with Crippen molar-refractivity contribution < 1.29 is 29.3 Å². The van der Waals surface area contributed by atoms with Crippen molar-refractivity contribution >= 4 is 17.6 Å². The Morgan fingerprint density at radius 3 is 1.95 bits per heavy atom. The quantitative estimate of drug-likeness (QED) is 0.272. The third-order valence-electron chi connectivity index (χ3n) is 6.67. The first-order valence-electron chi connectivity index (χ1n) is 12.9. The van der Waals surface area contributed by atoms with E-state index in [4.69, 9.17) is 4.74 Å². The van der Waals surface area contributed by atoms with Gasteiger partial charge in [-0.2, -0.15) is 0 Å². The van der Waals surface area contributed by atoms with Crippen molar-refractivity contribution in [2.24, 2.45) is 5.92 Å². The van der Waals surface area contributed by atoms with Gasteiger partial charge in [-0.3, -0.25) is 14.4 Å². The summed E-state index contributed by atoms with van der Waals surface area (Å²) in [5.41, 5.74) is 1.07. The zero-order chi connectivity index (χ0) is 26.8. The first kappa shape index (κ1) is 28.5. The van der Waals surface area contributed by atoms with Gasteiger partial charge in [-0.05, 0) is 36.3 Å². The van der Waals surface area contributed by atoms with Gasteiger partial charge in [0, 0.05) is 12.3 Å². The van der Waals surface area contributed by atoms with Crippen LogP contribution in [0.3, 0.4) is 0 Å². The number of rotatable bonds is 15. The van der Waals surface area contributed by atoms with Crippen molar-refractivity contribution in [2.75, 3.05) is 19.8 Å². The van der Waals surface area contributed by atoms with E-state index >= 15 is 0 Å². The van der Waals surface area contributed by atoms with Gasteiger partial charge in [-0.15, -0.1) is 0 Å². The highest BCUT2D eigenvalue weighted by Crippen LogP contribution is 2.31. The minimum Gasteiger partial charge on any atom is -0.394 e. The van der Waals surface area contributed by atoms with E-state index < -0.39 is 42.6 Å². The number of nitrogens with one attached hydrogen (secondary N) is 2. The molecule has 2 aromatic carbocycles. The summed E-state index contributed by atoms with van der Waals surface area (Å²) in [6, 6.07) is 18.2. The summed E-state index contributed by atoms with van der Waals surface area (Å²) < 4.78 is 5.16. The molecule has 37 heavy (non-hydrogen) atoms. The number of benzene rings is 2. The van der Waals surface area contributed by atoms with Crippen molar-refractivity contribution in [1.29, 1.82) is 0 Å². The maximum absolute atomic E-state index is 12.9. The lowest BCUT2D eigenvalue weighted by atomic mass is 9.87. The predicted molar refractivity (Wildman–Crippen MR) is 140 cm³/mol. The third kappa shape index (κ3) is 7.95. The molecule has 3 rings (SSSR count). The summed E-state index contributed by atoms with van der Waals surface area (Å²) in [5.74, 6) is -1.16. The molecule has 8 heteroatoms. The molecule has 3 atom stereocenters. The minimum absolute atomic E-state index is 0.0908. The number of carbonyl (C=O) groups is 3. The summed E-state index contributed by atoms with van der Waals surface area (Å²) >= 11 is 0. The van der Waals surface area contributed by atoms with Crippen molar-refractivity contribution in [2.45, 2.75) is 63.1 Å². The molecule has 0 unspecified atom stereocenters. The fraction of sp³-hybridized carbons (Fsp3) is 0.483. The minimum atomic E-state index is -1.27. The van der Waals surface area contributed by atoms with Crippen molar-refractivity contribution in [3.8, 4) is 0 Å². The number of aliphatic hydroxyl groups is 2. The molecule has 8 nitrogen and oxygen atoms in total. The van der Waals surface area contributed by atoms with Crippen LogP contribution < -0.4 is 10.6 Å². The Balaban J connectivity index is 1.56. The third-order valence-corrected chi connectivity index (χ3v) is 6.67. The Bertz CT molecular complexity index is 984. The zero-order valence-electron chi connectivity index (χ0n) is 21.6. The number of ketones is 1. The topological polar surface area (TPSA) is 128 Å². The lowest BCUT2D eigenvalue weighted by molar-refractivity contribution is -0.134. The summed E-state index contributed by atoms with van der Waals surface area (Å²) in [7, 11) is 0. The Kier molecular flexibility index (Phi) is 10.4. The van der Waals surface area contributed by atoms with Gasteiger partial charge < -0.3 is 25.6 Å². The van der Waals surface area contributed by atoms with E-state index in [-0.39, 0.29) is 30.8 Å². The Morgan fingerprint density at radius 1 is 0.919 bits per heavy atom. The van der Waals surface area contributed by atoms with Crippen LogP contribution in [0.2, 0.25) is 0 Å². The van der Waals surface area contributed by atoms with Crippen LogP contribution in [0.5, 0.6) is 0 Å². The van der Waals surface area contributed by atoms with Gasteiger partial charge in [0.25, 0.3) is 0 Å². The van der Waals surface area contributed by atoms with E-state index in [1.807, 2.05) is 50.2 Å². The summed E-state index contributed by atoms with van der Waals surface area (Å²) in [6.45, 7) is 2.88. The smallest absolute Gasteiger partial charge is 0.245 e. The van der Waals surface area contributed by atoms with Gasteiger partial charge in [0.15, 0.2) is 11.4 Å². The van der Waals surface area contributed by atoms with Gasteiger partial charge in [0.2, 0.25) is 11.8 Å². The molecule has 0 radical (unpaired) electrons. The Hall–Kier alpha value is -3.07. The molecule has 0 aromatic heterocycles. The van der Waals surface area contributed by atoms with Crippen LogP contribution >= 0.6 is 0 Å². The molecule has 200 valence electrons. The maximum Gasteiger partial charge on any atom is 0.245 e. The molecular weight excluding hydrogens is 472 g/mol. The van der Waals surface area contributed by atoms with Gasteiger partial charge in [0.05, 0.1) is 25.9 Å². The number of Topliss-reactive ketones (excluding diaryl/α,β-unsaturated/α-hetero) is 1. The molecule has 0 aliphatic carbocycles. The molecule has 1 aliphatic heterocycles. The Labute approximate surface area is 218 Å². The van der Waals surface area contributed by atoms with Gasteiger partial charge in [-0.25, -0.2) is 0 Å². The van der Waals surface area contributed by atoms with E-state index in [9.17, 15) is 24.6 Å². The summed E-state index contributed by atoms with van der Waals surface area (Å²) in [4.78, 5) is 38.4. The highest BCUT2D eigenvalue weighted by Gasteiger charge is 2.54. The van der Waals surface area contributed by atoms with Gasteiger partial charge in [0.1, 0.15) is 6.04 Å². The van der Waals surface area contributed by atoms with Crippen molar-refractivity contribution in [3.63, 3.8) is 0 Å². The second-order valence-electron chi connectivity index (χ2n) is 10.1. The number of aliphatic hydroxyl groups excluding tert-OH is 2. The average molecular weight is 511 g/mol. The van der Waals surface area contributed by atoms with Crippen LogP contribution in [0.25, 0.3) is 0 Å². The highest BCUT2D eigenvalue weighted by molar-refractivity contribution is 5.98. The molecular formula is C29H38N2O6. The monoisotopic (exact) mass is 510 g/mol. The molecule has 2 aromatic rings. The molecule has 0 saturated carbocycles. The molecule has 1 saturated heterocycles. The highest BCUT2D eigenvalue weighted by atomic mass is 16.6. The van der Waals surface area contributed by atoms with E-state index in [0.717, 1.165) is 6.42 Å². The number of carbonyl (C=O) groups excluding carboxylic acids is 3. The van der Waals surface area contributed by atoms with E-state index in [1.54, 1.807) is 0 Å². The molecule has 2 amide bonds. The second kappa shape index (κ2) is 13.5. The molecule has 1 heterocycles. The van der Waals surface area contributed by atoms with E-state index in [2.05, 4.69) is 34.9 Å². The standard InChI is InChI=1S/C29H38N2O6/c1-20(2)16-24(27(35)29(18-33)19-37-29)31-28(36)25(17-32)30-26(34)15-9-14-23(21-10-5-3-6-11-21)22-12-7-4-8-13-22/h3-8,10-13,20,23-25,32-33H,9,14-19H2,1-2H3,(H,30,34)(H,31,36)/t24-,25-,29+/m0/s1. The fourth-order valence-electron chi connectivity index (χ4n) is 4.52. The molecule has 1 aliphatic rings. The van der Waals surface area contributed by atoms with E-state index in [1.165, 1.54) is 11.1 Å². The van der Waals surface area contributed by atoms with Crippen LogP contribution in [0.1, 0.15) is 56.6 Å². The van der Waals surface area contributed by atoms with Crippen LogP contribution in [-0.2, 0) is 19.1 Å². The molecule has 0 spiro atoms. The lowest BCUT2D eigenvalue weighted by Crippen LogP contribution is -2.55. The van der Waals surface area contributed by atoms with Crippen molar-refractivity contribution in [3.05, 3.63) is 71.8 Å². The van der Waals surface area contributed by atoms with Crippen molar-refractivity contribution in [1.82, 2.24) is 10.6 Å². The van der Waals surface area contributed by atoms with Crippen LogP contribution in [0.4, 0.5) is 0 Å². The molecule has 1 fully saturated rings. The first-order chi connectivity index (χ1) is 17.8. The number of amides is 2. The van der Waals surface area contributed by atoms with Crippen LogP contribution in [0.15, 0.2) is 60.7 Å². The largest absolute Gasteiger partial charge is 0.394 e. The second-order valence-corrected chi connectivity index (χ2v) is 10.1. The predicted octanol–water partition coefficient (Wildman–Crippen LogP) is 2.33. The fourth-order valence-corrected chi connectivity index (χ4v) is 4.52. The summed E-state index contributed by atoms with van der Waals surface area (Å²) in [6.07, 6.45) is 1.87. The van der Waals surface area contributed by atoms with E-state index in [0.29, 0.717) is 12.8 Å². The zero-order valence-corrected chi connectivity index (χ0v) is 21.6. The van der Waals surface area contributed by atoms with Gasteiger partial charge >= 0.3 is 0 Å². The number of hydrogen-bond donors (Lipinski definition) is 4. The van der Waals surface area contributed by atoms with Crippen LogP contribution in [0, 0.1) is 5.92 Å². The maximum atomic E-state index is 12.9. The SMILES string of the molecule is CC(C)C[C@H](NC(=O)[C@H](CO)NC(=O)CCCC(c1ccccc1)c1ccccc1)C(=O)[C@@]1(CO)CO1. The molecule has 0 bridgehead atoms. The first-order valence-corrected chi connectivity index (χ1v) is 12.9. The number of ether oxygens (including phenoxy) is 1. The summed E-state index contributed by atoms with van der Waals surface area (Å²) in [5, 5.41) is 24.6. The normalized spacial score (nSPS) is 18.3. The van der Waals surface area contributed by atoms with Crippen LogP contribution in [-0.4, -0.2) is 65.3 Å². The molecule has 4 N–H and O–H groups in total. The number of epoxide rings is 1. The Morgan fingerprint density at radius 2 is 1.49 bits per heavy atom. The van der Waals surface area contributed by atoms with Gasteiger partial charge in [-0.1, -0.05) is 74.5 Å². The average Bonchev–Trinajstić information content (AvgIpc) is 3.71. The number of hydrogen-bond acceptors (Lipinski definition) is 6.